The number of fused-ring (bicyclic) bond motifs is 1. The third-order valence-electron chi connectivity index (χ3n) is 5.53. The van der Waals surface area contributed by atoms with Gasteiger partial charge < -0.3 is 11.1 Å². The predicted molar refractivity (Wildman–Crippen MR) is 88.0 cm³/mol. The lowest BCUT2D eigenvalue weighted by Gasteiger charge is -2.31. The number of rotatable bonds is 4. The summed E-state index contributed by atoms with van der Waals surface area (Å²) in [6.07, 6.45) is 9.16. The second kappa shape index (κ2) is 5.54. The third kappa shape index (κ3) is 2.47. The Hall–Kier alpha value is -1.62. The molecule has 2 aromatic rings. The Kier molecular flexibility index (Phi) is 3.53. The van der Waals surface area contributed by atoms with Gasteiger partial charge in [0.25, 0.3) is 0 Å². The number of hydrogen-bond acceptors (Lipinski definition) is 4. The zero-order valence-electron chi connectivity index (χ0n) is 13.2. The number of nitrogens with two attached hydrogens (primary N) is 1. The van der Waals surface area contributed by atoms with Gasteiger partial charge in [0.05, 0.1) is 6.20 Å². The van der Waals surface area contributed by atoms with Gasteiger partial charge in [-0.2, -0.15) is 9.61 Å². The van der Waals surface area contributed by atoms with Crippen LogP contribution in [-0.2, 0) is 0 Å². The minimum Gasteiger partial charge on any atom is -0.367 e. The molecular weight excluding hydrogens is 274 g/mol. The minimum atomic E-state index is 0.334. The quantitative estimate of drug-likeness (QED) is 0.911. The van der Waals surface area contributed by atoms with E-state index in [-0.39, 0.29) is 0 Å². The second-order valence-electron chi connectivity index (χ2n) is 7.06. The molecule has 4 rings (SSSR count). The van der Waals surface area contributed by atoms with Crippen molar-refractivity contribution in [1.29, 1.82) is 0 Å². The molecule has 2 fully saturated rings. The smallest absolute Gasteiger partial charge is 0.157 e. The molecular formula is C17H25N5. The highest BCUT2D eigenvalue weighted by molar-refractivity contribution is 5.50. The van der Waals surface area contributed by atoms with E-state index in [0.29, 0.717) is 18.0 Å². The fourth-order valence-electron chi connectivity index (χ4n) is 3.81. The van der Waals surface area contributed by atoms with Gasteiger partial charge in [0.1, 0.15) is 5.82 Å². The molecule has 5 heteroatoms. The monoisotopic (exact) mass is 299 g/mol. The van der Waals surface area contributed by atoms with Crippen molar-refractivity contribution in [2.75, 3.05) is 5.32 Å². The summed E-state index contributed by atoms with van der Waals surface area (Å²) in [5.74, 6) is 2.39. The molecule has 1 unspecified atom stereocenters. The van der Waals surface area contributed by atoms with Gasteiger partial charge in [-0.05, 0) is 38.0 Å². The molecule has 0 saturated heterocycles. The molecule has 0 radical (unpaired) electrons. The van der Waals surface area contributed by atoms with Crippen LogP contribution in [0.3, 0.4) is 0 Å². The Morgan fingerprint density at radius 2 is 2.18 bits per heavy atom. The molecule has 3 N–H and O–H groups in total. The summed E-state index contributed by atoms with van der Waals surface area (Å²) < 4.78 is 1.92. The Bertz CT molecular complexity index is 660. The van der Waals surface area contributed by atoms with E-state index in [1.165, 1.54) is 25.0 Å². The highest BCUT2D eigenvalue weighted by Gasteiger charge is 2.27. The number of nitrogens with zero attached hydrogens (tertiary/aromatic N) is 3. The summed E-state index contributed by atoms with van der Waals surface area (Å²) >= 11 is 0. The van der Waals surface area contributed by atoms with Crippen LogP contribution in [0.25, 0.3) is 5.65 Å². The van der Waals surface area contributed by atoms with Gasteiger partial charge in [0.15, 0.2) is 5.65 Å². The summed E-state index contributed by atoms with van der Waals surface area (Å²) in [4.78, 5) is 4.82. The predicted octanol–water partition coefficient (Wildman–Crippen LogP) is 2.92. The van der Waals surface area contributed by atoms with E-state index in [1.807, 2.05) is 16.8 Å². The maximum absolute atomic E-state index is 6.04. The van der Waals surface area contributed by atoms with E-state index in [9.17, 15) is 0 Å². The third-order valence-corrected chi connectivity index (χ3v) is 5.53. The fourth-order valence-corrected chi connectivity index (χ4v) is 3.81. The van der Waals surface area contributed by atoms with Gasteiger partial charge in [-0.3, -0.25) is 0 Å². The first kappa shape index (κ1) is 14.0. The average molecular weight is 299 g/mol. The maximum Gasteiger partial charge on any atom is 0.157 e. The lowest BCUT2D eigenvalue weighted by Crippen LogP contribution is -2.23. The van der Waals surface area contributed by atoms with Crippen LogP contribution in [0.1, 0.15) is 57.1 Å². The Morgan fingerprint density at radius 3 is 2.86 bits per heavy atom. The van der Waals surface area contributed by atoms with Gasteiger partial charge in [-0.15, -0.1) is 0 Å². The number of nitrogens with one attached hydrogen (secondary N) is 1. The van der Waals surface area contributed by atoms with Crippen molar-refractivity contribution in [3.05, 3.63) is 24.0 Å². The molecule has 3 atom stereocenters. The molecule has 0 aromatic carbocycles. The van der Waals surface area contributed by atoms with Crippen LogP contribution in [0.15, 0.2) is 18.3 Å². The molecule has 0 amide bonds. The zero-order chi connectivity index (χ0) is 15.1. The molecule has 0 aliphatic heterocycles. The number of hydrogen-bond donors (Lipinski definition) is 2. The van der Waals surface area contributed by atoms with E-state index in [4.69, 9.17) is 10.7 Å². The van der Waals surface area contributed by atoms with Crippen molar-refractivity contribution in [2.45, 2.75) is 63.5 Å². The highest BCUT2D eigenvalue weighted by atomic mass is 15.3. The van der Waals surface area contributed by atoms with E-state index < -0.39 is 0 Å². The molecule has 118 valence electrons. The van der Waals surface area contributed by atoms with Gasteiger partial charge in [-0.25, -0.2) is 4.98 Å². The molecule has 2 aliphatic carbocycles. The van der Waals surface area contributed by atoms with Crippen molar-refractivity contribution in [2.24, 2.45) is 11.7 Å². The van der Waals surface area contributed by atoms with Crippen LogP contribution < -0.4 is 11.1 Å². The summed E-state index contributed by atoms with van der Waals surface area (Å²) in [5, 5.41) is 8.07. The van der Waals surface area contributed by atoms with Crippen molar-refractivity contribution >= 4 is 11.5 Å². The second-order valence-corrected chi connectivity index (χ2v) is 7.06. The molecule has 0 spiro atoms. The Labute approximate surface area is 131 Å². The SMILES string of the molecule is CC(c1cc(N[C@H]2CC[C@H](N)C2)n2nccc2n1)C1CCC1. The Balaban J connectivity index is 1.64. The lowest BCUT2D eigenvalue weighted by molar-refractivity contribution is 0.269. The first-order chi connectivity index (χ1) is 10.7. The van der Waals surface area contributed by atoms with Crippen LogP contribution in [0.2, 0.25) is 0 Å². The van der Waals surface area contributed by atoms with E-state index >= 15 is 0 Å². The highest BCUT2D eigenvalue weighted by Crippen LogP contribution is 2.39. The number of anilines is 1. The van der Waals surface area contributed by atoms with E-state index in [1.54, 1.807) is 0 Å². The minimum absolute atomic E-state index is 0.334. The van der Waals surface area contributed by atoms with Crippen LogP contribution in [0.4, 0.5) is 5.82 Å². The first-order valence-electron chi connectivity index (χ1n) is 8.57. The van der Waals surface area contributed by atoms with E-state index in [0.717, 1.165) is 36.6 Å². The number of aromatic nitrogens is 3. The van der Waals surface area contributed by atoms with Crippen molar-refractivity contribution in [3.63, 3.8) is 0 Å². The van der Waals surface area contributed by atoms with Crippen LogP contribution in [0.5, 0.6) is 0 Å². The Morgan fingerprint density at radius 1 is 1.32 bits per heavy atom. The average Bonchev–Trinajstić information content (AvgIpc) is 3.05. The molecule has 2 heterocycles. The van der Waals surface area contributed by atoms with Crippen molar-refractivity contribution in [1.82, 2.24) is 14.6 Å². The normalized spacial score (nSPS) is 27.0. The molecule has 5 nitrogen and oxygen atoms in total. The molecule has 22 heavy (non-hydrogen) atoms. The lowest BCUT2D eigenvalue weighted by atomic mass is 9.75. The fraction of sp³-hybridized carbons (Fsp3) is 0.647. The van der Waals surface area contributed by atoms with Gasteiger partial charge >= 0.3 is 0 Å². The summed E-state index contributed by atoms with van der Waals surface area (Å²) in [7, 11) is 0. The van der Waals surface area contributed by atoms with Crippen LogP contribution in [0, 0.1) is 5.92 Å². The standard InChI is InChI=1S/C17H25N5/c1-11(12-3-2-4-12)15-10-17(20-14-6-5-13(18)9-14)22-16(21-15)7-8-19-22/h7-8,10-14,20H,2-6,9,18H2,1H3/t11?,13-,14-/m0/s1. The topological polar surface area (TPSA) is 68.2 Å². The van der Waals surface area contributed by atoms with Gasteiger partial charge in [0.2, 0.25) is 0 Å². The summed E-state index contributed by atoms with van der Waals surface area (Å²) in [6.45, 7) is 2.31. The van der Waals surface area contributed by atoms with Crippen molar-refractivity contribution in [3.8, 4) is 0 Å². The van der Waals surface area contributed by atoms with Gasteiger partial charge in [0, 0.05) is 35.8 Å². The van der Waals surface area contributed by atoms with Crippen LogP contribution in [-0.4, -0.2) is 26.7 Å². The van der Waals surface area contributed by atoms with Crippen molar-refractivity contribution < 1.29 is 0 Å². The summed E-state index contributed by atoms with van der Waals surface area (Å²) in [6, 6.07) is 4.98. The molecule has 2 aliphatic rings. The molecule has 2 saturated carbocycles. The maximum atomic E-state index is 6.04. The largest absolute Gasteiger partial charge is 0.367 e. The first-order valence-corrected chi connectivity index (χ1v) is 8.57. The molecule has 2 aromatic heterocycles. The zero-order valence-corrected chi connectivity index (χ0v) is 13.2. The van der Waals surface area contributed by atoms with Gasteiger partial charge in [-0.1, -0.05) is 13.3 Å². The van der Waals surface area contributed by atoms with E-state index in [2.05, 4.69) is 23.4 Å². The van der Waals surface area contributed by atoms with Crippen LogP contribution >= 0.6 is 0 Å². The summed E-state index contributed by atoms with van der Waals surface area (Å²) in [5.41, 5.74) is 8.18. The molecule has 0 bridgehead atoms.